The molecule has 0 spiro atoms. The zero-order chi connectivity index (χ0) is 13.9. The molecule has 1 aromatic carbocycles. The van der Waals surface area contributed by atoms with Crippen molar-refractivity contribution in [1.29, 1.82) is 0 Å². The standard InChI is InChI=1S/C16H22Cl2N2/c17-15-6-3-4-12(16(15)18)11-20-9-2-1-5-14(20)10-19-13-7-8-13/h3-4,6,13-14,19H,1-2,5,7-11H2. The minimum absolute atomic E-state index is 0.638. The van der Waals surface area contributed by atoms with E-state index in [1.54, 1.807) is 0 Å². The van der Waals surface area contributed by atoms with E-state index in [4.69, 9.17) is 23.2 Å². The predicted octanol–water partition coefficient (Wildman–Crippen LogP) is 4.10. The molecule has 0 amide bonds. The third-order valence-electron chi connectivity index (χ3n) is 4.37. The summed E-state index contributed by atoms with van der Waals surface area (Å²) in [5, 5.41) is 5.04. The highest BCUT2D eigenvalue weighted by molar-refractivity contribution is 6.42. The summed E-state index contributed by atoms with van der Waals surface area (Å²) < 4.78 is 0. The van der Waals surface area contributed by atoms with Crippen molar-refractivity contribution in [1.82, 2.24) is 10.2 Å². The quantitative estimate of drug-likeness (QED) is 0.880. The van der Waals surface area contributed by atoms with Crippen molar-refractivity contribution >= 4 is 23.2 Å². The summed E-state index contributed by atoms with van der Waals surface area (Å²) >= 11 is 12.4. The number of benzene rings is 1. The average molecular weight is 313 g/mol. The molecule has 0 aromatic heterocycles. The summed E-state index contributed by atoms with van der Waals surface area (Å²) in [4.78, 5) is 2.57. The van der Waals surface area contributed by atoms with Gasteiger partial charge in [-0.2, -0.15) is 0 Å². The van der Waals surface area contributed by atoms with Crippen molar-refractivity contribution in [3.05, 3.63) is 33.8 Å². The normalized spacial score (nSPS) is 24.0. The lowest BCUT2D eigenvalue weighted by Crippen LogP contribution is -2.45. The first-order valence-electron chi connectivity index (χ1n) is 7.64. The van der Waals surface area contributed by atoms with Crippen molar-refractivity contribution in [2.75, 3.05) is 13.1 Å². The molecular formula is C16H22Cl2N2. The fourth-order valence-corrected chi connectivity index (χ4v) is 3.36. The first-order chi connectivity index (χ1) is 9.74. The molecule has 1 aliphatic heterocycles. The molecule has 1 aromatic rings. The van der Waals surface area contributed by atoms with Crippen molar-refractivity contribution in [2.45, 2.75) is 50.7 Å². The van der Waals surface area contributed by atoms with Crippen LogP contribution in [0, 0.1) is 0 Å². The maximum absolute atomic E-state index is 6.32. The van der Waals surface area contributed by atoms with E-state index in [1.165, 1.54) is 38.6 Å². The van der Waals surface area contributed by atoms with Crippen LogP contribution in [0.5, 0.6) is 0 Å². The Bertz CT molecular complexity index is 460. The van der Waals surface area contributed by atoms with Crippen LogP contribution in [0.4, 0.5) is 0 Å². The van der Waals surface area contributed by atoms with Crippen molar-refractivity contribution in [3.63, 3.8) is 0 Å². The third-order valence-corrected chi connectivity index (χ3v) is 5.23. The molecular weight excluding hydrogens is 291 g/mol. The van der Waals surface area contributed by atoms with Crippen LogP contribution in [0.1, 0.15) is 37.7 Å². The zero-order valence-corrected chi connectivity index (χ0v) is 13.3. The topological polar surface area (TPSA) is 15.3 Å². The van der Waals surface area contributed by atoms with Crippen LogP contribution in [-0.2, 0) is 6.54 Å². The van der Waals surface area contributed by atoms with E-state index in [2.05, 4.69) is 16.3 Å². The number of hydrogen-bond acceptors (Lipinski definition) is 2. The van der Waals surface area contributed by atoms with Crippen LogP contribution < -0.4 is 5.32 Å². The maximum Gasteiger partial charge on any atom is 0.0637 e. The monoisotopic (exact) mass is 312 g/mol. The molecule has 1 N–H and O–H groups in total. The summed E-state index contributed by atoms with van der Waals surface area (Å²) in [7, 11) is 0. The second-order valence-corrected chi connectivity index (χ2v) is 6.80. The Morgan fingerprint density at radius 2 is 2.00 bits per heavy atom. The molecule has 1 atom stereocenters. The Morgan fingerprint density at radius 1 is 1.15 bits per heavy atom. The Kier molecular flexibility index (Phi) is 4.87. The number of nitrogens with one attached hydrogen (secondary N) is 1. The molecule has 3 rings (SSSR count). The molecule has 1 saturated heterocycles. The third kappa shape index (κ3) is 3.67. The van der Waals surface area contributed by atoms with Gasteiger partial charge >= 0.3 is 0 Å². The minimum atomic E-state index is 0.638. The smallest absolute Gasteiger partial charge is 0.0637 e. The lowest BCUT2D eigenvalue weighted by molar-refractivity contribution is 0.137. The van der Waals surface area contributed by atoms with Crippen LogP contribution in [0.25, 0.3) is 0 Å². The molecule has 2 fully saturated rings. The van der Waals surface area contributed by atoms with E-state index in [0.29, 0.717) is 16.1 Å². The molecule has 1 heterocycles. The molecule has 0 radical (unpaired) electrons. The fraction of sp³-hybridized carbons (Fsp3) is 0.625. The first kappa shape index (κ1) is 14.6. The van der Waals surface area contributed by atoms with Crippen molar-refractivity contribution in [3.8, 4) is 0 Å². The lowest BCUT2D eigenvalue weighted by Gasteiger charge is -2.36. The summed E-state index contributed by atoms with van der Waals surface area (Å²) in [6.45, 7) is 3.19. The number of hydrogen-bond donors (Lipinski definition) is 1. The maximum atomic E-state index is 6.32. The first-order valence-corrected chi connectivity index (χ1v) is 8.40. The van der Waals surface area contributed by atoms with Crippen molar-refractivity contribution < 1.29 is 0 Å². The largest absolute Gasteiger partial charge is 0.312 e. The van der Waals surface area contributed by atoms with E-state index >= 15 is 0 Å². The van der Waals surface area contributed by atoms with Gasteiger partial charge in [0.1, 0.15) is 0 Å². The summed E-state index contributed by atoms with van der Waals surface area (Å²) in [6.07, 6.45) is 6.63. The van der Waals surface area contributed by atoms with Gasteiger partial charge in [-0.05, 0) is 43.9 Å². The van der Waals surface area contributed by atoms with Gasteiger partial charge in [0.05, 0.1) is 10.0 Å². The number of likely N-dealkylation sites (tertiary alicyclic amines) is 1. The Hall–Kier alpha value is -0.280. The molecule has 2 nitrogen and oxygen atoms in total. The molecule has 4 heteroatoms. The summed E-state index contributed by atoms with van der Waals surface area (Å²) in [6, 6.07) is 7.36. The molecule has 20 heavy (non-hydrogen) atoms. The molecule has 0 bridgehead atoms. The molecule has 1 aliphatic carbocycles. The van der Waals surface area contributed by atoms with Gasteiger partial charge in [0.2, 0.25) is 0 Å². The van der Waals surface area contributed by atoms with Gasteiger partial charge < -0.3 is 5.32 Å². The number of rotatable bonds is 5. The van der Waals surface area contributed by atoms with Crippen LogP contribution in [0.15, 0.2) is 18.2 Å². The highest BCUT2D eigenvalue weighted by Gasteiger charge is 2.26. The van der Waals surface area contributed by atoms with Gasteiger partial charge in [-0.3, -0.25) is 4.90 Å². The highest BCUT2D eigenvalue weighted by atomic mass is 35.5. The second-order valence-electron chi connectivity index (χ2n) is 6.02. The zero-order valence-electron chi connectivity index (χ0n) is 11.7. The van der Waals surface area contributed by atoms with E-state index in [9.17, 15) is 0 Å². The van der Waals surface area contributed by atoms with Gasteiger partial charge in [0.25, 0.3) is 0 Å². The predicted molar refractivity (Wildman–Crippen MR) is 85.5 cm³/mol. The van der Waals surface area contributed by atoms with Crippen LogP contribution in [-0.4, -0.2) is 30.1 Å². The molecule has 1 saturated carbocycles. The van der Waals surface area contributed by atoms with Gasteiger partial charge in [-0.15, -0.1) is 0 Å². The van der Waals surface area contributed by atoms with E-state index in [-0.39, 0.29) is 0 Å². The molecule has 110 valence electrons. The van der Waals surface area contributed by atoms with E-state index in [1.807, 2.05) is 12.1 Å². The van der Waals surface area contributed by atoms with Gasteiger partial charge in [-0.25, -0.2) is 0 Å². The van der Waals surface area contributed by atoms with Gasteiger partial charge in [-0.1, -0.05) is 41.8 Å². The summed E-state index contributed by atoms with van der Waals surface area (Å²) in [5.41, 5.74) is 1.15. The van der Waals surface area contributed by atoms with Crippen LogP contribution >= 0.6 is 23.2 Å². The summed E-state index contributed by atoms with van der Waals surface area (Å²) in [5.74, 6) is 0. The Morgan fingerprint density at radius 3 is 2.80 bits per heavy atom. The number of piperidine rings is 1. The fourth-order valence-electron chi connectivity index (χ4n) is 2.98. The van der Waals surface area contributed by atoms with Gasteiger partial charge in [0.15, 0.2) is 0 Å². The van der Waals surface area contributed by atoms with Gasteiger partial charge in [0, 0.05) is 25.2 Å². The highest BCUT2D eigenvalue weighted by Crippen LogP contribution is 2.29. The minimum Gasteiger partial charge on any atom is -0.312 e. The second kappa shape index (κ2) is 6.65. The molecule has 1 unspecified atom stereocenters. The Labute approximate surface area is 131 Å². The number of nitrogens with zero attached hydrogens (tertiary/aromatic N) is 1. The molecule has 2 aliphatic rings. The van der Waals surface area contributed by atoms with Crippen LogP contribution in [0.3, 0.4) is 0 Å². The van der Waals surface area contributed by atoms with Crippen LogP contribution in [0.2, 0.25) is 10.0 Å². The Balaban J connectivity index is 1.64. The number of halogens is 2. The van der Waals surface area contributed by atoms with Crippen molar-refractivity contribution in [2.24, 2.45) is 0 Å². The lowest BCUT2D eigenvalue weighted by atomic mass is 10.0. The SMILES string of the molecule is Clc1cccc(CN2CCCCC2CNC2CC2)c1Cl. The van der Waals surface area contributed by atoms with E-state index < -0.39 is 0 Å². The average Bonchev–Trinajstić information content (AvgIpc) is 3.27. The van der Waals surface area contributed by atoms with E-state index in [0.717, 1.165) is 24.7 Å².